The van der Waals surface area contributed by atoms with E-state index in [4.69, 9.17) is 9.47 Å². The monoisotopic (exact) mass is 306 g/mol. The average Bonchev–Trinajstić information content (AvgIpc) is 2.54. The number of ether oxygens (including phenoxy) is 2. The van der Waals surface area contributed by atoms with E-state index in [0.717, 1.165) is 11.3 Å². The minimum absolute atomic E-state index is 0.220. The molecule has 1 aromatic rings. The predicted molar refractivity (Wildman–Crippen MR) is 87.0 cm³/mol. The number of hydrogen-bond acceptors (Lipinski definition) is 3. The van der Waals surface area contributed by atoms with Gasteiger partial charge in [-0.2, -0.15) is 0 Å². The molecule has 0 atom stereocenters. The van der Waals surface area contributed by atoms with Gasteiger partial charge < -0.3 is 20.1 Å². The number of anilines is 1. The molecule has 0 aromatic heterocycles. The number of methoxy groups -OCH3 is 1. The lowest BCUT2D eigenvalue weighted by Crippen LogP contribution is -2.31. The van der Waals surface area contributed by atoms with Gasteiger partial charge in [-0.1, -0.05) is 31.4 Å². The van der Waals surface area contributed by atoms with Gasteiger partial charge >= 0.3 is 6.03 Å². The topological polar surface area (TPSA) is 59.6 Å². The third kappa shape index (κ3) is 6.03. The van der Waals surface area contributed by atoms with Crippen molar-refractivity contribution in [2.24, 2.45) is 0 Å². The summed E-state index contributed by atoms with van der Waals surface area (Å²) in [5, 5.41) is 5.55. The molecule has 1 aliphatic rings. The van der Waals surface area contributed by atoms with E-state index in [9.17, 15) is 4.79 Å². The summed E-state index contributed by atoms with van der Waals surface area (Å²) in [5.41, 5.74) is 1.86. The van der Waals surface area contributed by atoms with Crippen LogP contribution in [-0.4, -0.2) is 32.4 Å². The highest BCUT2D eigenvalue weighted by Gasteiger charge is 2.13. The van der Waals surface area contributed by atoms with E-state index in [-0.39, 0.29) is 6.03 Å². The molecule has 5 nitrogen and oxygen atoms in total. The van der Waals surface area contributed by atoms with Crippen LogP contribution in [0.1, 0.15) is 37.7 Å². The van der Waals surface area contributed by atoms with Gasteiger partial charge in [0.25, 0.3) is 0 Å². The van der Waals surface area contributed by atoms with Gasteiger partial charge in [-0.05, 0) is 30.5 Å². The van der Waals surface area contributed by atoms with Gasteiger partial charge in [0.2, 0.25) is 0 Å². The number of hydrogen-bond donors (Lipinski definition) is 2. The zero-order valence-corrected chi connectivity index (χ0v) is 13.3. The Bertz CT molecular complexity index is 459. The molecule has 0 bridgehead atoms. The number of amides is 2. The van der Waals surface area contributed by atoms with Crippen LogP contribution in [0.3, 0.4) is 0 Å². The van der Waals surface area contributed by atoms with Crippen molar-refractivity contribution in [3.8, 4) is 0 Å². The third-order valence-electron chi connectivity index (χ3n) is 3.81. The Morgan fingerprint density at radius 3 is 2.86 bits per heavy atom. The molecule has 5 heteroatoms. The minimum atomic E-state index is -0.220. The van der Waals surface area contributed by atoms with Crippen LogP contribution in [-0.2, 0) is 16.1 Å². The Morgan fingerprint density at radius 2 is 2.09 bits per heavy atom. The standard InChI is InChI=1S/C17H26N2O3/c1-21-11-10-18-17(20)19-15-7-5-6-14(12-15)13-22-16-8-3-2-4-9-16/h5-7,12,16H,2-4,8-11,13H2,1H3,(H2,18,19,20). The second-order valence-corrected chi connectivity index (χ2v) is 5.65. The fourth-order valence-electron chi connectivity index (χ4n) is 2.63. The molecule has 1 saturated carbocycles. The van der Waals surface area contributed by atoms with E-state index in [2.05, 4.69) is 10.6 Å². The quantitative estimate of drug-likeness (QED) is 0.760. The van der Waals surface area contributed by atoms with Gasteiger partial charge in [-0.15, -0.1) is 0 Å². The number of urea groups is 1. The van der Waals surface area contributed by atoms with Crippen molar-refractivity contribution in [2.75, 3.05) is 25.6 Å². The van der Waals surface area contributed by atoms with E-state index >= 15 is 0 Å². The molecule has 0 saturated heterocycles. The van der Waals surface area contributed by atoms with Gasteiger partial charge in [-0.3, -0.25) is 0 Å². The van der Waals surface area contributed by atoms with E-state index in [1.165, 1.54) is 32.1 Å². The Balaban J connectivity index is 1.77. The van der Waals surface area contributed by atoms with Crippen molar-refractivity contribution in [2.45, 2.75) is 44.8 Å². The van der Waals surface area contributed by atoms with E-state index in [0.29, 0.717) is 25.9 Å². The predicted octanol–water partition coefficient (Wildman–Crippen LogP) is 3.30. The fraction of sp³-hybridized carbons (Fsp3) is 0.588. The molecular weight excluding hydrogens is 280 g/mol. The molecule has 0 aliphatic heterocycles. The molecule has 1 aromatic carbocycles. The van der Waals surface area contributed by atoms with Gasteiger partial charge in [0, 0.05) is 19.3 Å². The van der Waals surface area contributed by atoms with Crippen LogP contribution < -0.4 is 10.6 Å². The maximum atomic E-state index is 11.7. The molecule has 0 spiro atoms. The summed E-state index contributed by atoms with van der Waals surface area (Å²) in [7, 11) is 1.61. The van der Waals surface area contributed by atoms with Crippen molar-refractivity contribution in [1.82, 2.24) is 5.32 Å². The zero-order valence-electron chi connectivity index (χ0n) is 13.3. The highest BCUT2D eigenvalue weighted by molar-refractivity contribution is 5.89. The molecule has 0 heterocycles. The first-order chi connectivity index (χ1) is 10.8. The lowest BCUT2D eigenvalue weighted by atomic mass is 9.98. The molecule has 22 heavy (non-hydrogen) atoms. The molecule has 2 N–H and O–H groups in total. The zero-order chi connectivity index (χ0) is 15.6. The number of benzene rings is 1. The van der Waals surface area contributed by atoms with E-state index in [1.807, 2.05) is 24.3 Å². The minimum Gasteiger partial charge on any atom is -0.383 e. The van der Waals surface area contributed by atoms with Crippen LogP contribution in [0.4, 0.5) is 10.5 Å². The molecule has 2 amide bonds. The van der Waals surface area contributed by atoms with E-state index < -0.39 is 0 Å². The van der Waals surface area contributed by atoms with Gasteiger partial charge in [0.15, 0.2) is 0 Å². The van der Waals surface area contributed by atoms with Crippen LogP contribution in [0.2, 0.25) is 0 Å². The molecule has 1 fully saturated rings. The molecule has 1 aliphatic carbocycles. The summed E-state index contributed by atoms with van der Waals surface area (Å²) in [6.07, 6.45) is 6.60. The summed E-state index contributed by atoms with van der Waals surface area (Å²) < 4.78 is 10.9. The third-order valence-corrected chi connectivity index (χ3v) is 3.81. The molecule has 122 valence electrons. The van der Waals surface area contributed by atoms with Crippen molar-refractivity contribution in [3.63, 3.8) is 0 Å². The normalized spacial score (nSPS) is 15.5. The summed E-state index contributed by atoms with van der Waals surface area (Å²) in [4.78, 5) is 11.7. The molecule has 2 rings (SSSR count). The first-order valence-electron chi connectivity index (χ1n) is 8.02. The second kappa shape index (κ2) is 9.43. The summed E-state index contributed by atoms with van der Waals surface area (Å²) in [6.45, 7) is 1.60. The van der Waals surface area contributed by atoms with Crippen LogP contribution in [0, 0.1) is 0 Å². The first-order valence-corrected chi connectivity index (χ1v) is 8.02. The van der Waals surface area contributed by atoms with Crippen molar-refractivity contribution in [1.29, 1.82) is 0 Å². The van der Waals surface area contributed by atoms with Crippen molar-refractivity contribution >= 4 is 11.7 Å². The maximum absolute atomic E-state index is 11.7. The van der Waals surface area contributed by atoms with Crippen LogP contribution >= 0.6 is 0 Å². The lowest BCUT2D eigenvalue weighted by Gasteiger charge is -2.22. The fourth-order valence-corrected chi connectivity index (χ4v) is 2.63. The Kier molecular flexibility index (Phi) is 7.19. The van der Waals surface area contributed by atoms with Gasteiger partial charge in [0.1, 0.15) is 0 Å². The Hall–Kier alpha value is -1.59. The highest BCUT2D eigenvalue weighted by atomic mass is 16.5. The summed E-state index contributed by atoms with van der Waals surface area (Å²) >= 11 is 0. The Morgan fingerprint density at radius 1 is 1.27 bits per heavy atom. The number of carbonyl (C=O) groups is 1. The molecular formula is C17H26N2O3. The lowest BCUT2D eigenvalue weighted by molar-refractivity contribution is 0.0169. The SMILES string of the molecule is COCCNC(=O)Nc1cccc(COC2CCCCC2)c1. The summed E-state index contributed by atoms with van der Waals surface area (Å²) in [6, 6.07) is 7.57. The second-order valence-electron chi connectivity index (χ2n) is 5.65. The number of nitrogens with one attached hydrogen (secondary N) is 2. The highest BCUT2D eigenvalue weighted by Crippen LogP contribution is 2.22. The molecule has 0 unspecified atom stereocenters. The van der Waals surface area contributed by atoms with Crippen molar-refractivity contribution < 1.29 is 14.3 Å². The van der Waals surface area contributed by atoms with Crippen LogP contribution in [0.25, 0.3) is 0 Å². The summed E-state index contributed by atoms with van der Waals surface area (Å²) in [5.74, 6) is 0. The smallest absolute Gasteiger partial charge is 0.319 e. The first kappa shape index (κ1) is 16.8. The number of carbonyl (C=O) groups excluding carboxylic acids is 1. The van der Waals surface area contributed by atoms with Crippen LogP contribution in [0.15, 0.2) is 24.3 Å². The largest absolute Gasteiger partial charge is 0.383 e. The average molecular weight is 306 g/mol. The van der Waals surface area contributed by atoms with Crippen LogP contribution in [0.5, 0.6) is 0 Å². The van der Waals surface area contributed by atoms with Gasteiger partial charge in [0.05, 0.1) is 19.3 Å². The number of rotatable bonds is 7. The molecule has 0 radical (unpaired) electrons. The van der Waals surface area contributed by atoms with Gasteiger partial charge in [-0.25, -0.2) is 4.79 Å². The van der Waals surface area contributed by atoms with Crippen molar-refractivity contribution in [3.05, 3.63) is 29.8 Å². The van der Waals surface area contributed by atoms with E-state index in [1.54, 1.807) is 7.11 Å². The maximum Gasteiger partial charge on any atom is 0.319 e. The Labute approximate surface area is 132 Å².